The highest BCUT2D eigenvalue weighted by Gasteiger charge is 2.29. The van der Waals surface area contributed by atoms with E-state index in [1.807, 2.05) is 64.1 Å². The van der Waals surface area contributed by atoms with Gasteiger partial charge >= 0.3 is 0 Å². The molecule has 0 heterocycles. The molecule has 0 aliphatic heterocycles. The van der Waals surface area contributed by atoms with Gasteiger partial charge in [0.1, 0.15) is 6.04 Å². The number of hydrogen-bond acceptors (Lipinski definition) is 6. The second-order valence-electron chi connectivity index (χ2n) is 12.2. The summed E-state index contributed by atoms with van der Waals surface area (Å²) in [7, 11) is -2.29. The first-order valence-electron chi connectivity index (χ1n) is 15.5. The summed E-state index contributed by atoms with van der Waals surface area (Å²) >= 11 is 0. The quantitative estimate of drug-likeness (QED) is 0.185. The van der Waals surface area contributed by atoms with Crippen molar-refractivity contribution in [2.75, 3.05) is 11.4 Å². The zero-order chi connectivity index (χ0) is 33.9. The third kappa shape index (κ3) is 11.0. The molecule has 46 heavy (non-hydrogen) atoms. The Bertz CT molecular complexity index is 1550. The first-order chi connectivity index (χ1) is 21.8. The van der Waals surface area contributed by atoms with Gasteiger partial charge in [0.05, 0.1) is 30.0 Å². The third-order valence-corrected chi connectivity index (χ3v) is 9.30. The molecule has 0 radical (unpaired) electrons. The second kappa shape index (κ2) is 16.9. The Labute approximate surface area is 272 Å². The molecule has 0 saturated heterocycles. The number of nitrogens with one attached hydrogen (secondary N) is 3. The molecule has 3 atom stereocenters. The number of carbonyl (C=O) groups excluding carboxylic acids is 3. The maximum absolute atomic E-state index is 13.3. The maximum atomic E-state index is 13.3. The molecule has 3 amide bonds. The van der Waals surface area contributed by atoms with Crippen LogP contribution in [0.4, 0.5) is 5.69 Å². The molecule has 248 valence electrons. The Morgan fingerprint density at radius 3 is 2.02 bits per heavy atom. The molecule has 0 spiro atoms. The van der Waals surface area contributed by atoms with E-state index in [0.717, 1.165) is 9.87 Å². The van der Waals surface area contributed by atoms with E-state index in [2.05, 4.69) is 16.0 Å². The molecule has 0 saturated carbocycles. The Morgan fingerprint density at radius 2 is 1.43 bits per heavy atom. The molecule has 11 heteroatoms. The van der Waals surface area contributed by atoms with Crippen LogP contribution in [-0.4, -0.2) is 56.5 Å². The number of carbonyl (C=O) groups is 3. The normalized spacial score (nSPS) is 13.5. The highest BCUT2D eigenvalue weighted by molar-refractivity contribution is 7.92. The Hall–Kier alpha value is -4.22. The van der Waals surface area contributed by atoms with Crippen molar-refractivity contribution >= 4 is 33.4 Å². The number of hydrogen-bond donors (Lipinski definition) is 4. The number of aliphatic hydroxyl groups excluding tert-OH is 1. The lowest BCUT2D eigenvalue weighted by Gasteiger charge is -2.27. The molecule has 3 aromatic rings. The van der Waals surface area contributed by atoms with Crippen LogP contribution < -0.4 is 20.3 Å². The number of anilines is 1. The SMILES string of the molecule is CC(C)CC(NC(=O)c1cccc(N(C)S(=O)(=O)Cc2ccccc2)c1)C(O)CC(=O)N[C@H](C(=O)NCc1ccccc1)C(C)C. The number of nitrogens with zero attached hydrogens (tertiary/aromatic N) is 1. The predicted molar refractivity (Wildman–Crippen MR) is 180 cm³/mol. The number of benzene rings is 3. The van der Waals surface area contributed by atoms with Crippen LogP contribution in [-0.2, 0) is 31.9 Å². The lowest BCUT2D eigenvalue weighted by Crippen LogP contribution is -2.51. The van der Waals surface area contributed by atoms with Crippen molar-refractivity contribution in [3.05, 3.63) is 102 Å². The largest absolute Gasteiger partial charge is 0.390 e. The van der Waals surface area contributed by atoms with Crippen LogP contribution in [0.3, 0.4) is 0 Å². The summed E-state index contributed by atoms with van der Waals surface area (Å²) in [5.41, 5.74) is 2.09. The van der Waals surface area contributed by atoms with Gasteiger partial charge in [-0.3, -0.25) is 18.7 Å². The molecular formula is C35H46N4O6S. The van der Waals surface area contributed by atoms with Crippen molar-refractivity contribution < 1.29 is 27.9 Å². The molecule has 0 fully saturated rings. The fraction of sp³-hybridized carbons (Fsp3) is 0.400. The van der Waals surface area contributed by atoms with Gasteiger partial charge in [-0.05, 0) is 47.6 Å². The van der Waals surface area contributed by atoms with Crippen molar-refractivity contribution in [1.82, 2.24) is 16.0 Å². The van der Waals surface area contributed by atoms with E-state index < -0.39 is 40.0 Å². The van der Waals surface area contributed by atoms with Gasteiger partial charge in [-0.15, -0.1) is 0 Å². The van der Waals surface area contributed by atoms with Crippen molar-refractivity contribution in [1.29, 1.82) is 0 Å². The minimum Gasteiger partial charge on any atom is -0.390 e. The number of sulfonamides is 1. The van der Waals surface area contributed by atoms with Crippen LogP contribution in [0, 0.1) is 11.8 Å². The van der Waals surface area contributed by atoms with Crippen molar-refractivity contribution in [3.8, 4) is 0 Å². The van der Waals surface area contributed by atoms with E-state index in [1.165, 1.54) is 13.1 Å². The summed E-state index contributed by atoms with van der Waals surface area (Å²) in [6, 6.07) is 22.9. The molecule has 0 aliphatic rings. The van der Waals surface area contributed by atoms with Crippen LogP contribution >= 0.6 is 0 Å². The van der Waals surface area contributed by atoms with Crippen LogP contribution in [0.5, 0.6) is 0 Å². The average Bonchev–Trinajstić information content (AvgIpc) is 3.02. The van der Waals surface area contributed by atoms with E-state index in [4.69, 9.17) is 0 Å². The van der Waals surface area contributed by atoms with Crippen molar-refractivity contribution in [3.63, 3.8) is 0 Å². The van der Waals surface area contributed by atoms with Crippen LogP contribution in [0.15, 0.2) is 84.9 Å². The standard InChI is InChI=1S/C35H46N4O6S/c1-24(2)19-30(31(40)21-32(41)38-33(25(3)4)35(43)36-22-26-13-8-6-9-14-26)37-34(42)28-17-12-18-29(20-28)39(5)46(44,45)23-27-15-10-7-11-16-27/h6-18,20,24-25,30-31,33,40H,19,21-23H2,1-5H3,(H,36,43)(H,37,42)(H,38,41)/t30?,31?,33-/m0/s1. The summed E-state index contributed by atoms with van der Waals surface area (Å²) in [5, 5.41) is 19.5. The molecule has 3 rings (SSSR count). The van der Waals surface area contributed by atoms with Gasteiger partial charge in [0.15, 0.2) is 0 Å². The minimum absolute atomic E-state index is 0.0794. The van der Waals surface area contributed by atoms with Gasteiger partial charge in [-0.1, -0.05) is 94.4 Å². The zero-order valence-corrected chi connectivity index (χ0v) is 28.0. The lowest BCUT2D eigenvalue weighted by molar-refractivity contribution is -0.131. The van der Waals surface area contributed by atoms with Crippen LogP contribution in [0.2, 0.25) is 0 Å². The first-order valence-corrected chi connectivity index (χ1v) is 17.1. The van der Waals surface area contributed by atoms with E-state index in [0.29, 0.717) is 24.2 Å². The zero-order valence-electron chi connectivity index (χ0n) is 27.1. The van der Waals surface area contributed by atoms with E-state index in [-0.39, 0.29) is 35.5 Å². The lowest BCUT2D eigenvalue weighted by atomic mass is 9.96. The van der Waals surface area contributed by atoms with Crippen LogP contribution in [0.1, 0.15) is 62.0 Å². The summed E-state index contributed by atoms with van der Waals surface area (Å²) in [6.07, 6.45) is -1.17. The number of amides is 3. The highest BCUT2D eigenvalue weighted by Crippen LogP contribution is 2.21. The van der Waals surface area contributed by atoms with Gasteiger partial charge in [0.2, 0.25) is 21.8 Å². The van der Waals surface area contributed by atoms with Crippen molar-refractivity contribution in [2.45, 2.75) is 71.0 Å². The topological polar surface area (TPSA) is 145 Å². The molecule has 2 unspecified atom stereocenters. The third-order valence-electron chi connectivity index (χ3n) is 7.56. The smallest absolute Gasteiger partial charge is 0.251 e. The summed E-state index contributed by atoms with van der Waals surface area (Å²) in [4.78, 5) is 39.3. The Balaban J connectivity index is 1.65. The summed E-state index contributed by atoms with van der Waals surface area (Å²) < 4.78 is 27.3. The molecular weight excluding hydrogens is 604 g/mol. The number of aliphatic hydroxyl groups is 1. The van der Waals surface area contributed by atoms with Gasteiger partial charge in [0.25, 0.3) is 5.91 Å². The fourth-order valence-electron chi connectivity index (χ4n) is 4.95. The predicted octanol–water partition coefficient (Wildman–Crippen LogP) is 4.01. The van der Waals surface area contributed by atoms with Gasteiger partial charge < -0.3 is 21.1 Å². The fourth-order valence-corrected chi connectivity index (χ4v) is 6.19. The monoisotopic (exact) mass is 650 g/mol. The highest BCUT2D eigenvalue weighted by atomic mass is 32.2. The molecule has 3 aromatic carbocycles. The minimum atomic E-state index is -3.73. The average molecular weight is 651 g/mol. The summed E-state index contributed by atoms with van der Waals surface area (Å²) in [6.45, 7) is 7.84. The van der Waals surface area contributed by atoms with Crippen LogP contribution in [0.25, 0.3) is 0 Å². The molecule has 0 aromatic heterocycles. The number of rotatable bonds is 16. The Kier molecular flexibility index (Phi) is 13.3. The molecule has 10 nitrogen and oxygen atoms in total. The first kappa shape index (κ1) is 36.3. The van der Waals surface area contributed by atoms with Gasteiger partial charge in [-0.25, -0.2) is 8.42 Å². The van der Waals surface area contributed by atoms with E-state index >= 15 is 0 Å². The second-order valence-corrected chi connectivity index (χ2v) is 14.2. The van der Waals surface area contributed by atoms with E-state index in [9.17, 15) is 27.9 Å². The summed E-state index contributed by atoms with van der Waals surface area (Å²) in [5.74, 6) is -1.68. The van der Waals surface area contributed by atoms with Gasteiger partial charge in [-0.2, -0.15) is 0 Å². The van der Waals surface area contributed by atoms with Crippen molar-refractivity contribution in [2.24, 2.45) is 11.8 Å². The van der Waals surface area contributed by atoms with E-state index in [1.54, 1.807) is 42.5 Å². The molecule has 0 aliphatic carbocycles. The molecule has 0 bridgehead atoms. The van der Waals surface area contributed by atoms with Gasteiger partial charge in [0, 0.05) is 19.2 Å². The molecule has 4 N–H and O–H groups in total. The Morgan fingerprint density at radius 1 is 0.826 bits per heavy atom. The maximum Gasteiger partial charge on any atom is 0.251 e.